The summed E-state index contributed by atoms with van der Waals surface area (Å²) in [6, 6.07) is 0.595. The maximum atomic E-state index is 12.0. The van der Waals surface area contributed by atoms with E-state index in [2.05, 4.69) is 17.1 Å². The van der Waals surface area contributed by atoms with Crippen LogP contribution in [0.25, 0.3) is 0 Å². The minimum atomic E-state index is 0.400. The third-order valence-corrected chi connectivity index (χ3v) is 3.39. The van der Waals surface area contributed by atoms with Crippen LogP contribution in [0.1, 0.15) is 39.0 Å². The van der Waals surface area contributed by atoms with Gasteiger partial charge in [0.05, 0.1) is 0 Å². The number of hydrogen-bond acceptors (Lipinski definition) is 2. The number of hydrogen-bond donors (Lipinski definition) is 1. The van der Waals surface area contributed by atoms with E-state index in [1.165, 1.54) is 19.3 Å². The van der Waals surface area contributed by atoms with Gasteiger partial charge in [0.15, 0.2) is 0 Å². The third kappa shape index (κ3) is 2.94. The Bertz CT molecular complexity index is 222. The number of carbonyl (C=O) groups is 1. The van der Waals surface area contributed by atoms with Gasteiger partial charge < -0.3 is 10.2 Å². The molecule has 0 radical (unpaired) electrons. The first-order chi connectivity index (χ1) is 7.31. The van der Waals surface area contributed by atoms with E-state index in [9.17, 15) is 4.79 Å². The SMILES string of the molecule is CCCCN(C(=O)CC1CNC1)C1CC1. The van der Waals surface area contributed by atoms with Gasteiger partial charge >= 0.3 is 0 Å². The lowest BCUT2D eigenvalue weighted by atomic mass is 9.98. The normalized spacial score (nSPS) is 21.1. The first-order valence-corrected chi connectivity index (χ1v) is 6.31. The van der Waals surface area contributed by atoms with Gasteiger partial charge in [0.25, 0.3) is 0 Å². The minimum absolute atomic E-state index is 0.400. The number of unbranched alkanes of at least 4 members (excludes halogenated alkanes) is 1. The van der Waals surface area contributed by atoms with Gasteiger partial charge in [-0.1, -0.05) is 13.3 Å². The summed E-state index contributed by atoms with van der Waals surface area (Å²) in [5.74, 6) is 1.01. The van der Waals surface area contributed by atoms with Gasteiger partial charge in [-0.15, -0.1) is 0 Å². The lowest BCUT2D eigenvalue weighted by Crippen LogP contribution is -2.45. The third-order valence-electron chi connectivity index (χ3n) is 3.39. The molecule has 0 aromatic carbocycles. The summed E-state index contributed by atoms with van der Waals surface area (Å²) >= 11 is 0. The highest BCUT2D eigenvalue weighted by Crippen LogP contribution is 2.28. The summed E-state index contributed by atoms with van der Waals surface area (Å²) in [7, 11) is 0. The van der Waals surface area contributed by atoms with E-state index in [1.807, 2.05) is 0 Å². The maximum absolute atomic E-state index is 12.0. The summed E-state index contributed by atoms with van der Waals surface area (Å²) in [6.45, 7) is 5.25. The van der Waals surface area contributed by atoms with Crippen LogP contribution >= 0.6 is 0 Å². The Morgan fingerprint density at radius 3 is 2.60 bits per heavy atom. The molecule has 15 heavy (non-hydrogen) atoms. The fourth-order valence-corrected chi connectivity index (χ4v) is 2.08. The molecule has 0 aromatic rings. The van der Waals surface area contributed by atoms with Crippen LogP contribution in [0.3, 0.4) is 0 Å². The molecule has 1 aliphatic heterocycles. The van der Waals surface area contributed by atoms with E-state index in [-0.39, 0.29) is 0 Å². The molecule has 0 bridgehead atoms. The van der Waals surface area contributed by atoms with Crippen molar-refractivity contribution in [3.63, 3.8) is 0 Å². The molecule has 2 aliphatic rings. The molecule has 3 nitrogen and oxygen atoms in total. The first-order valence-electron chi connectivity index (χ1n) is 6.31. The number of carbonyl (C=O) groups excluding carboxylic acids is 1. The van der Waals surface area contributed by atoms with Gasteiger partial charge in [-0.25, -0.2) is 0 Å². The average Bonchev–Trinajstić information content (AvgIpc) is 2.96. The fourth-order valence-electron chi connectivity index (χ4n) is 2.08. The Balaban J connectivity index is 1.77. The first kappa shape index (κ1) is 10.9. The van der Waals surface area contributed by atoms with Crippen LogP contribution in [-0.4, -0.2) is 36.5 Å². The Morgan fingerprint density at radius 1 is 1.40 bits per heavy atom. The second kappa shape index (κ2) is 4.97. The Kier molecular flexibility index (Phi) is 3.62. The fraction of sp³-hybridized carbons (Fsp3) is 0.917. The van der Waals surface area contributed by atoms with Gasteiger partial charge in [0.1, 0.15) is 0 Å². The van der Waals surface area contributed by atoms with Crippen LogP contribution in [0.15, 0.2) is 0 Å². The lowest BCUT2D eigenvalue weighted by molar-refractivity contribution is -0.133. The molecule has 0 atom stereocenters. The molecular weight excluding hydrogens is 188 g/mol. The van der Waals surface area contributed by atoms with E-state index < -0.39 is 0 Å². The highest BCUT2D eigenvalue weighted by atomic mass is 16.2. The van der Waals surface area contributed by atoms with E-state index in [4.69, 9.17) is 0 Å². The van der Waals surface area contributed by atoms with Crippen molar-refractivity contribution in [2.24, 2.45) is 5.92 Å². The predicted octanol–water partition coefficient (Wildman–Crippen LogP) is 1.39. The summed E-state index contributed by atoms with van der Waals surface area (Å²) in [5, 5.41) is 3.22. The molecule has 1 heterocycles. The topological polar surface area (TPSA) is 32.3 Å². The molecule has 0 aromatic heterocycles. The van der Waals surface area contributed by atoms with E-state index in [1.54, 1.807) is 0 Å². The molecular formula is C12H22N2O. The summed E-state index contributed by atoms with van der Waals surface area (Å²) in [5.41, 5.74) is 0. The molecule has 2 rings (SSSR count). The minimum Gasteiger partial charge on any atom is -0.340 e. The van der Waals surface area contributed by atoms with Crippen molar-refractivity contribution in [2.45, 2.75) is 45.1 Å². The van der Waals surface area contributed by atoms with Crippen LogP contribution in [0, 0.1) is 5.92 Å². The van der Waals surface area contributed by atoms with Crippen LogP contribution in [0.2, 0.25) is 0 Å². The highest BCUT2D eigenvalue weighted by Gasteiger charge is 2.33. The van der Waals surface area contributed by atoms with E-state index in [0.29, 0.717) is 17.9 Å². The largest absolute Gasteiger partial charge is 0.340 e. The number of rotatable bonds is 6. The quantitative estimate of drug-likeness (QED) is 0.718. The van der Waals surface area contributed by atoms with Crippen molar-refractivity contribution in [1.82, 2.24) is 10.2 Å². The molecule has 1 saturated heterocycles. The average molecular weight is 210 g/mol. The van der Waals surface area contributed by atoms with E-state index in [0.717, 1.165) is 32.5 Å². The number of nitrogens with one attached hydrogen (secondary N) is 1. The van der Waals surface area contributed by atoms with Gasteiger partial charge in [-0.05, 0) is 38.3 Å². The van der Waals surface area contributed by atoms with Crippen LogP contribution < -0.4 is 5.32 Å². The van der Waals surface area contributed by atoms with Gasteiger partial charge in [0.2, 0.25) is 5.91 Å². The van der Waals surface area contributed by atoms with Crippen LogP contribution in [0.5, 0.6) is 0 Å². The molecule has 2 fully saturated rings. The molecule has 1 amide bonds. The second-order valence-corrected chi connectivity index (χ2v) is 4.90. The summed E-state index contributed by atoms with van der Waals surface area (Å²) in [4.78, 5) is 14.2. The molecule has 3 heteroatoms. The van der Waals surface area contributed by atoms with Gasteiger partial charge in [-0.2, -0.15) is 0 Å². The van der Waals surface area contributed by atoms with Crippen LogP contribution in [0.4, 0.5) is 0 Å². The molecule has 0 spiro atoms. The van der Waals surface area contributed by atoms with Crippen LogP contribution in [-0.2, 0) is 4.79 Å². The maximum Gasteiger partial charge on any atom is 0.223 e. The number of nitrogens with zero attached hydrogens (tertiary/aromatic N) is 1. The molecule has 1 saturated carbocycles. The smallest absolute Gasteiger partial charge is 0.223 e. The molecule has 86 valence electrons. The Hall–Kier alpha value is -0.570. The standard InChI is InChI=1S/C12H22N2O/c1-2-3-6-14(11-4-5-11)12(15)7-10-8-13-9-10/h10-11,13H,2-9H2,1H3. The number of amides is 1. The van der Waals surface area contributed by atoms with Gasteiger partial charge in [0, 0.05) is 19.0 Å². The molecule has 0 unspecified atom stereocenters. The van der Waals surface area contributed by atoms with Crippen molar-refractivity contribution in [2.75, 3.05) is 19.6 Å². The van der Waals surface area contributed by atoms with E-state index >= 15 is 0 Å². The summed E-state index contributed by atoms with van der Waals surface area (Å²) in [6.07, 6.45) is 5.58. The molecule has 1 N–H and O–H groups in total. The van der Waals surface area contributed by atoms with Crippen molar-refractivity contribution >= 4 is 5.91 Å². The van der Waals surface area contributed by atoms with Crippen molar-refractivity contribution in [3.8, 4) is 0 Å². The lowest BCUT2D eigenvalue weighted by Gasteiger charge is -2.30. The second-order valence-electron chi connectivity index (χ2n) is 4.90. The zero-order valence-corrected chi connectivity index (χ0v) is 9.67. The zero-order chi connectivity index (χ0) is 10.7. The highest BCUT2D eigenvalue weighted by molar-refractivity contribution is 5.77. The monoisotopic (exact) mass is 210 g/mol. The zero-order valence-electron chi connectivity index (χ0n) is 9.67. The predicted molar refractivity (Wildman–Crippen MR) is 60.6 cm³/mol. The van der Waals surface area contributed by atoms with Crippen molar-refractivity contribution in [1.29, 1.82) is 0 Å². The van der Waals surface area contributed by atoms with Crippen molar-refractivity contribution < 1.29 is 4.79 Å². The van der Waals surface area contributed by atoms with Crippen molar-refractivity contribution in [3.05, 3.63) is 0 Å². The Morgan fingerprint density at radius 2 is 2.13 bits per heavy atom. The summed E-state index contributed by atoms with van der Waals surface area (Å²) < 4.78 is 0. The molecule has 1 aliphatic carbocycles. The van der Waals surface area contributed by atoms with Gasteiger partial charge in [-0.3, -0.25) is 4.79 Å². The Labute approximate surface area is 92.2 Å².